The highest BCUT2D eigenvalue weighted by Gasteiger charge is 2.09. The summed E-state index contributed by atoms with van der Waals surface area (Å²) in [5.74, 6) is 5.87. The predicted molar refractivity (Wildman–Crippen MR) is 73.7 cm³/mol. The topological polar surface area (TPSA) is 92.9 Å². The fourth-order valence-corrected chi connectivity index (χ4v) is 1.73. The molecule has 0 aliphatic carbocycles. The average molecular weight is 257 g/mol. The number of hydrogen-bond acceptors (Lipinski definition) is 5. The standard InChI is InChI=1S/C13H15N5O/c1-8-6-9(2)15-12(7-8)17-13(19)10-4-3-5-11(16-10)18-14/h3-7H,14H2,1-2H3,(H,16,18)(H,15,17,19). The van der Waals surface area contributed by atoms with Crippen LogP contribution in [0.1, 0.15) is 21.7 Å². The molecule has 6 heteroatoms. The number of pyridine rings is 2. The summed E-state index contributed by atoms with van der Waals surface area (Å²) in [4.78, 5) is 20.3. The van der Waals surface area contributed by atoms with Gasteiger partial charge in [-0.2, -0.15) is 0 Å². The lowest BCUT2D eigenvalue weighted by Crippen LogP contribution is -2.17. The number of nitrogens with one attached hydrogen (secondary N) is 2. The molecule has 0 bridgehead atoms. The van der Waals surface area contributed by atoms with E-state index >= 15 is 0 Å². The maximum absolute atomic E-state index is 12.0. The molecule has 2 aromatic rings. The lowest BCUT2D eigenvalue weighted by atomic mass is 10.2. The monoisotopic (exact) mass is 257 g/mol. The van der Waals surface area contributed by atoms with E-state index in [0.717, 1.165) is 11.3 Å². The summed E-state index contributed by atoms with van der Waals surface area (Å²) in [6.45, 7) is 3.82. The number of carbonyl (C=O) groups excluding carboxylic acids is 1. The number of anilines is 2. The summed E-state index contributed by atoms with van der Waals surface area (Å²) < 4.78 is 0. The Hall–Kier alpha value is -2.47. The Morgan fingerprint density at radius 3 is 2.63 bits per heavy atom. The lowest BCUT2D eigenvalue weighted by Gasteiger charge is -2.07. The number of hydrogen-bond donors (Lipinski definition) is 3. The number of aromatic nitrogens is 2. The summed E-state index contributed by atoms with van der Waals surface area (Å²) >= 11 is 0. The van der Waals surface area contributed by atoms with Gasteiger partial charge < -0.3 is 10.7 Å². The van der Waals surface area contributed by atoms with E-state index in [0.29, 0.717) is 11.6 Å². The highest BCUT2D eigenvalue weighted by Crippen LogP contribution is 2.11. The van der Waals surface area contributed by atoms with Gasteiger partial charge in [-0.3, -0.25) is 4.79 Å². The second-order valence-corrected chi connectivity index (χ2v) is 4.18. The van der Waals surface area contributed by atoms with Crippen molar-refractivity contribution in [2.45, 2.75) is 13.8 Å². The second-order valence-electron chi connectivity index (χ2n) is 4.18. The van der Waals surface area contributed by atoms with Crippen molar-refractivity contribution < 1.29 is 4.79 Å². The first-order valence-corrected chi connectivity index (χ1v) is 5.79. The number of aryl methyl sites for hydroxylation is 2. The molecule has 98 valence electrons. The first-order chi connectivity index (χ1) is 9.08. The average Bonchev–Trinajstić information content (AvgIpc) is 2.37. The van der Waals surface area contributed by atoms with Crippen LogP contribution in [-0.4, -0.2) is 15.9 Å². The molecule has 0 radical (unpaired) electrons. The molecule has 0 aromatic carbocycles. The van der Waals surface area contributed by atoms with Gasteiger partial charge in [0.05, 0.1) is 0 Å². The van der Waals surface area contributed by atoms with Gasteiger partial charge in [0.1, 0.15) is 17.3 Å². The van der Waals surface area contributed by atoms with Crippen molar-refractivity contribution in [1.29, 1.82) is 0 Å². The van der Waals surface area contributed by atoms with Gasteiger partial charge in [0.15, 0.2) is 0 Å². The predicted octanol–water partition coefficient (Wildman–Crippen LogP) is 1.63. The van der Waals surface area contributed by atoms with Gasteiger partial charge in [-0.15, -0.1) is 0 Å². The molecule has 0 fully saturated rings. The van der Waals surface area contributed by atoms with Crippen molar-refractivity contribution in [3.8, 4) is 0 Å². The maximum Gasteiger partial charge on any atom is 0.275 e. The van der Waals surface area contributed by atoms with Gasteiger partial charge in [0, 0.05) is 5.69 Å². The minimum absolute atomic E-state index is 0.274. The quantitative estimate of drug-likeness (QED) is 0.574. The second kappa shape index (κ2) is 5.45. The number of hydrazine groups is 1. The zero-order chi connectivity index (χ0) is 13.8. The molecule has 0 aliphatic rings. The van der Waals surface area contributed by atoms with Gasteiger partial charge in [-0.1, -0.05) is 6.07 Å². The molecule has 2 aromatic heterocycles. The van der Waals surface area contributed by atoms with Crippen LogP contribution >= 0.6 is 0 Å². The zero-order valence-electron chi connectivity index (χ0n) is 10.8. The molecule has 2 rings (SSSR count). The van der Waals surface area contributed by atoms with Crippen molar-refractivity contribution in [2.24, 2.45) is 5.84 Å². The Morgan fingerprint density at radius 1 is 1.16 bits per heavy atom. The molecule has 0 saturated carbocycles. The first kappa shape index (κ1) is 13.0. The smallest absolute Gasteiger partial charge is 0.275 e. The number of amides is 1. The molecule has 6 nitrogen and oxygen atoms in total. The zero-order valence-corrected chi connectivity index (χ0v) is 10.8. The van der Waals surface area contributed by atoms with E-state index in [-0.39, 0.29) is 11.6 Å². The van der Waals surface area contributed by atoms with Crippen LogP contribution in [0.5, 0.6) is 0 Å². The van der Waals surface area contributed by atoms with Crippen LogP contribution in [-0.2, 0) is 0 Å². The third kappa shape index (κ3) is 3.26. The summed E-state index contributed by atoms with van der Waals surface area (Å²) in [5, 5.41) is 2.71. The van der Waals surface area contributed by atoms with Crippen LogP contribution in [0.2, 0.25) is 0 Å². The lowest BCUT2D eigenvalue weighted by molar-refractivity contribution is 0.102. The fraction of sp³-hybridized carbons (Fsp3) is 0.154. The van der Waals surface area contributed by atoms with Crippen LogP contribution in [0.3, 0.4) is 0 Å². The van der Waals surface area contributed by atoms with E-state index in [2.05, 4.69) is 20.7 Å². The Bertz CT molecular complexity index is 591. The fourth-order valence-electron chi connectivity index (χ4n) is 1.73. The minimum atomic E-state index is -0.324. The van der Waals surface area contributed by atoms with Gasteiger partial charge in [-0.05, 0) is 43.7 Å². The van der Waals surface area contributed by atoms with Gasteiger partial charge in [0.25, 0.3) is 5.91 Å². The summed E-state index contributed by atoms with van der Waals surface area (Å²) in [7, 11) is 0. The highest BCUT2D eigenvalue weighted by atomic mass is 16.1. The Kier molecular flexibility index (Phi) is 3.72. The molecule has 1 amide bonds. The first-order valence-electron chi connectivity index (χ1n) is 5.79. The van der Waals surface area contributed by atoms with Crippen LogP contribution in [0.25, 0.3) is 0 Å². The van der Waals surface area contributed by atoms with Gasteiger partial charge >= 0.3 is 0 Å². The summed E-state index contributed by atoms with van der Waals surface area (Å²) in [6, 6.07) is 8.72. The normalized spacial score (nSPS) is 10.1. The Labute approximate surface area is 111 Å². The molecule has 0 aliphatic heterocycles. The van der Waals surface area contributed by atoms with E-state index in [1.807, 2.05) is 19.9 Å². The third-order valence-corrected chi connectivity index (χ3v) is 2.47. The van der Waals surface area contributed by atoms with E-state index in [1.165, 1.54) is 0 Å². The molecule has 19 heavy (non-hydrogen) atoms. The number of nitrogens with two attached hydrogens (primary N) is 1. The van der Waals surface area contributed by atoms with Crippen molar-refractivity contribution in [1.82, 2.24) is 9.97 Å². The van der Waals surface area contributed by atoms with Crippen molar-refractivity contribution in [3.05, 3.63) is 47.3 Å². The van der Waals surface area contributed by atoms with Crippen LogP contribution in [0.4, 0.5) is 11.6 Å². The maximum atomic E-state index is 12.0. The largest absolute Gasteiger partial charge is 0.308 e. The number of nitrogen functional groups attached to an aromatic ring is 1. The molecule has 0 spiro atoms. The van der Waals surface area contributed by atoms with Crippen molar-refractivity contribution in [3.63, 3.8) is 0 Å². The van der Waals surface area contributed by atoms with E-state index in [1.54, 1.807) is 24.3 Å². The van der Waals surface area contributed by atoms with Crippen LogP contribution in [0, 0.1) is 13.8 Å². The van der Waals surface area contributed by atoms with E-state index in [4.69, 9.17) is 5.84 Å². The van der Waals surface area contributed by atoms with Crippen LogP contribution in [0.15, 0.2) is 30.3 Å². The minimum Gasteiger partial charge on any atom is -0.308 e. The molecule has 0 unspecified atom stereocenters. The number of rotatable bonds is 3. The molecule has 4 N–H and O–H groups in total. The van der Waals surface area contributed by atoms with Crippen molar-refractivity contribution in [2.75, 3.05) is 10.7 Å². The molecular weight excluding hydrogens is 242 g/mol. The molecule has 2 heterocycles. The van der Waals surface area contributed by atoms with Gasteiger partial charge in [0.2, 0.25) is 0 Å². The van der Waals surface area contributed by atoms with Gasteiger partial charge in [-0.25, -0.2) is 15.8 Å². The molecule has 0 atom stereocenters. The Morgan fingerprint density at radius 2 is 1.95 bits per heavy atom. The highest BCUT2D eigenvalue weighted by molar-refractivity contribution is 6.02. The number of carbonyl (C=O) groups is 1. The Balaban J connectivity index is 2.20. The number of nitrogens with zero attached hydrogens (tertiary/aromatic N) is 2. The van der Waals surface area contributed by atoms with Crippen LogP contribution < -0.4 is 16.6 Å². The SMILES string of the molecule is Cc1cc(C)nc(NC(=O)c2cccc(NN)n2)c1. The van der Waals surface area contributed by atoms with E-state index < -0.39 is 0 Å². The van der Waals surface area contributed by atoms with Crippen molar-refractivity contribution >= 4 is 17.5 Å². The molecular formula is C13H15N5O. The third-order valence-electron chi connectivity index (χ3n) is 2.47. The summed E-state index contributed by atoms with van der Waals surface area (Å²) in [5.41, 5.74) is 4.56. The summed E-state index contributed by atoms with van der Waals surface area (Å²) in [6.07, 6.45) is 0. The molecule has 0 saturated heterocycles. The van der Waals surface area contributed by atoms with E-state index in [9.17, 15) is 4.79 Å².